The van der Waals surface area contributed by atoms with Crippen molar-refractivity contribution in [3.63, 3.8) is 0 Å². The van der Waals surface area contributed by atoms with Crippen molar-refractivity contribution in [2.75, 3.05) is 0 Å². The van der Waals surface area contributed by atoms with Gasteiger partial charge in [-0.1, -0.05) is 0 Å². The van der Waals surface area contributed by atoms with E-state index in [9.17, 15) is 4.79 Å². The van der Waals surface area contributed by atoms with Crippen LogP contribution in [0.1, 0.15) is 16.9 Å². The van der Waals surface area contributed by atoms with Gasteiger partial charge in [-0.3, -0.25) is 0 Å². The van der Waals surface area contributed by atoms with Gasteiger partial charge >= 0.3 is 5.63 Å². The largest absolute Gasteiger partial charge is 0.465 e. The average Bonchev–Trinajstić information content (AvgIpc) is 2.37. The SMILES string of the molecule is Cc1occ2oc(=O)c(C)c-2c1C. The summed E-state index contributed by atoms with van der Waals surface area (Å²) in [4.78, 5) is 11.2. The third-order valence-corrected chi connectivity index (χ3v) is 2.38. The van der Waals surface area contributed by atoms with Crippen molar-refractivity contribution in [3.05, 3.63) is 33.6 Å². The molecule has 2 rings (SSSR count). The van der Waals surface area contributed by atoms with Crippen molar-refractivity contribution < 1.29 is 8.83 Å². The van der Waals surface area contributed by atoms with Crippen molar-refractivity contribution in [3.8, 4) is 11.3 Å². The molecule has 3 nitrogen and oxygen atoms in total. The molecule has 0 saturated carbocycles. The first-order valence-corrected chi connectivity index (χ1v) is 4.09. The van der Waals surface area contributed by atoms with E-state index in [1.807, 2.05) is 13.8 Å². The predicted molar refractivity (Wildman–Crippen MR) is 48.1 cm³/mol. The van der Waals surface area contributed by atoms with Crippen LogP contribution in [0.2, 0.25) is 0 Å². The monoisotopic (exact) mass is 178 g/mol. The molecule has 0 aliphatic carbocycles. The molecule has 0 amide bonds. The number of furan rings is 1. The Morgan fingerprint density at radius 2 is 1.85 bits per heavy atom. The molecule has 2 aliphatic heterocycles. The van der Waals surface area contributed by atoms with Gasteiger partial charge in [0.05, 0.1) is 0 Å². The maximum atomic E-state index is 11.2. The summed E-state index contributed by atoms with van der Waals surface area (Å²) in [6, 6.07) is 0. The summed E-state index contributed by atoms with van der Waals surface area (Å²) in [5, 5.41) is 0. The molecule has 0 unspecified atom stereocenters. The minimum absolute atomic E-state index is 0.279. The maximum Gasteiger partial charge on any atom is 0.340 e. The number of fused-ring (bicyclic) bond motifs is 1. The topological polar surface area (TPSA) is 43.4 Å². The Morgan fingerprint density at radius 3 is 2.54 bits per heavy atom. The van der Waals surface area contributed by atoms with Gasteiger partial charge in [-0.05, 0) is 26.3 Å². The van der Waals surface area contributed by atoms with Gasteiger partial charge in [-0.25, -0.2) is 4.79 Å². The number of hydrogen-bond acceptors (Lipinski definition) is 3. The van der Waals surface area contributed by atoms with Crippen molar-refractivity contribution in [2.24, 2.45) is 0 Å². The van der Waals surface area contributed by atoms with Gasteiger partial charge < -0.3 is 8.83 Å². The van der Waals surface area contributed by atoms with Gasteiger partial charge in [0.25, 0.3) is 0 Å². The van der Waals surface area contributed by atoms with Crippen molar-refractivity contribution in [2.45, 2.75) is 20.8 Å². The van der Waals surface area contributed by atoms with Gasteiger partial charge in [0.1, 0.15) is 12.0 Å². The van der Waals surface area contributed by atoms with E-state index < -0.39 is 0 Å². The molecular weight excluding hydrogens is 168 g/mol. The maximum absolute atomic E-state index is 11.2. The molecule has 0 aromatic carbocycles. The van der Waals surface area contributed by atoms with E-state index in [2.05, 4.69) is 0 Å². The van der Waals surface area contributed by atoms with Crippen LogP contribution in [-0.4, -0.2) is 0 Å². The Labute approximate surface area is 75.3 Å². The number of aryl methyl sites for hydroxylation is 1. The lowest BCUT2D eigenvalue weighted by molar-refractivity contribution is 0.473. The van der Waals surface area contributed by atoms with E-state index in [1.54, 1.807) is 6.92 Å². The fourth-order valence-corrected chi connectivity index (χ4v) is 1.47. The van der Waals surface area contributed by atoms with Gasteiger partial charge in [-0.2, -0.15) is 0 Å². The second-order valence-electron chi connectivity index (χ2n) is 3.17. The lowest BCUT2D eigenvalue weighted by atomic mass is 10.0. The highest BCUT2D eigenvalue weighted by atomic mass is 16.4. The van der Waals surface area contributed by atoms with Crippen LogP contribution in [0.15, 0.2) is 19.9 Å². The summed E-state index contributed by atoms with van der Waals surface area (Å²) >= 11 is 0. The molecule has 0 aromatic rings. The molecule has 0 atom stereocenters. The van der Waals surface area contributed by atoms with Crippen molar-refractivity contribution in [1.82, 2.24) is 0 Å². The van der Waals surface area contributed by atoms with Crippen LogP contribution in [0, 0.1) is 20.8 Å². The molecule has 13 heavy (non-hydrogen) atoms. The Bertz CT molecular complexity index is 476. The predicted octanol–water partition coefficient (Wildman–Crippen LogP) is 2.26. The second kappa shape index (κ2) is 2.49. The molecule has 0 aromatic heterocycles. The Kier molecular flexibility index (Phi) is 1.55. The summed E-state index contributed by atoms with van der Waals surface area (Å²) in [7, 11) is 0. The minimum atomic E-state index is -0.279. The van der Waals surface area contributed by atoms with Gasteiger partial charge in [-0.15, -0.1) is 0 Å². The quantitative estimate of drug-likeness (QED) is 0.621. The molecule has 68 valence electrons. The summed E-state index contributed by atoms with van der Waals surface area (Å²) < 4.78 is 10.2. The van der Waals surface area contributed by atoms with Gasteiger partial charge in [0, 0.05) is 11.1 Å². The second-order valence-corrected chi connectivity index (χ2v) is 3.17. The normalized spacial score (nSPS) is 11.0. The lowest BCUT2D eigenvalue weighted by Gasteiger charge is -2.03. The Morgan fingerprint density at radius 1 is 1.15 bits per heavy atom. The fourth-order valence-electron chi connectivity index (χ4n) is 1.47. The molecule has 0 fully saturated rings. The number of hydrogen-bond donors (Lipinski definition) is 0. The molecule has 0 spiro atoms. The van der Waals surface area contributed by atoms with Crippen molar-refractivity contribution in [1.29, 1.82) is 0 Å². The smallest absolute Gasteiger partial charge is 0.340 e. The van der Waals surface area contributed by atoms with Crippen LogP contribution in [-0.2, 0) is 0 Å². The summed E-state index contributed by atoms with van der Waals surface area (Å²) in [6.45, 7) is 5.55. The van der Waals surface area contributed by atoms with Crippen LogP contribution in [0.5, 0.6) is 0 Å². The molecule has 3 heteroatoms. The fraction of sp³-hybridized carbons (Fsp3) is 0.300. The third kappa shape index (κ3) is 1.00. The van der Waals surface area contributed by atoms with Gasteiger partial charge in [0.15, 0.2) is 5.76 Å². The lowest BCUT2D eigenvalue weighted by Crippen LogP contribution is -1.95. The third-order valence-electron chi connectivity index (χ3n) is 2.38. The standard InChI is InChI=1S/C10H10O3/c1-5-7(3)12-4-8-9(5)6(2)10(11)13-8/h4H,1-3H3. The summed E-state index contributed by atoms with van der Waals surface area (Å²) in [5.41, 5.74) is 2.24. The Hall–Kier alpha value is -1.51. The highest BCUT2D eigenvalue weighted by Crippen LogP contribution is 2.29. The molecule has 0 saturated heterocycles. The Balaban J connectivity index is 2.96. The molecule has 2 heterocycles. The van der Waals surface area contributed by atoms with Crippen LogP contribution in [0.25, 0.3) is 11.3 Å². The molecule has 2 aliphatic rings. The first-order valence-electron chi connectivity index (χ1n) is 4.09. The van der Waals surface area contributed by atoms with E-state index in [1.165, 1.54) is 6.26 Å². The highest BCUT2D eigenvalue weighted by Gasteiger charge is 2.18. The molecule has 0 radical (unpaired) electrons. The van der Waals surface area contributed by atoms with E-state index in [0.717, 1.165) is 16.9 Å². The summed E-state index contributed by atoms with van der Waals surface area (Å²) in [5.74, 6) is 1.35. The van der Waals surface area contributed by atoms with Crippen LogP contribution in [0.4, 0.5) is 0 Å². The molecule has 0 bridgehead atoms. The zero-order chi connectivity index (χ0) is 9.59. The first kappa shape index (κ1) is 8.10. The van der Waals surface area contributed by atoms with E-state index in [0.29, 0.717) is 11.3 Å². The van der Waals surface area contributed by atoms with Crippen LogP contribution >= 0.6 is 0 Å². The molecular formula is C10H10O3. The van der Waals surface area contributed by atoms with E-state index in [-0.39, 0.29) is 5.63 Å². The van der Waals surface area contributed by atoms with Crippen molar-refractivity contribution >= 4 is 0 Å². The first-order chi connectivity index (χ1) is 6.11. The minimum Gasteiger partial charge on any atom is -0.465 e. The summed E-state index contributed by atoms with van der Waals surface area (Å²) in [6.07, 6.45) is 1.48. The van der Waals surface area contributed by atoms with Crippen LogP contribution < -0.4 is 5.63 Å². The van der Waals surface area contributed by atoms with E-state index in [4.69, 9.17) is 8.83 Å². The van der Waals surface area contributed by atoms with Gasteiger partial charge in [0.2, 0.25) is 0 Å². The van der Waals surface area contributed by atoms with Crippen LogP contribution in [0.3, 0.4) is 0 Å². The zero-order valence-corrected chi connectivity index (χ0v) is 7.80. The number of rotatable bonds is 0. The average molecular weight is 178 g/mol. The zero-order valence-electron chi connectivity index (χ0n) is 7.80. The van der Waals surface area contributed by atoms with E-state index >= 15 is 0 Å². The highest BCUT2D eigenvalue weighted by molar-refractivity contribution is 5.66. The molecule has 0 N–H and O–H groups in total.